The van der Waals surface area contributed by atoms with Crippen LogP contribution >= 0.6 is 11.8 Å². The second-order valence-electron chi connectivity index (χ2n) is 10.7. The molecule has 0 aliphatic carbocycles. The molecule has 0 aromatic heterocycles. The van der Waals surface area contributed by atoms with Crippen LogP contribution in [0.1, 0.15) is 53.9 Å². The summed E-state index contributed by atoms with van der Waals surface area (Å²) in [5, 5.41) is -0.500. The molecule has 0 radical (unpaired) electrons. The largest absolute Gasteiger partial charge is 0.482 e. The Kier molecular flexibility index (Phi) is 7.96. The van der Waals surface area contributed by atoms with E-state index in [1.807, 2.05) is 24.3 Å². The molecule has 3 aromatic rings. The Morgan fingerprint density at radius 1 is 1.00 bits per heavy atom. The average Bonchev–Trinajstić information content (AvgIpc) is 3.39. The fourth-order valence-electron chi connectivity index (χ4n) is 4.71. The van der Waals surface area contributed by atoms with Crippen LogP contribution in [0.5, 0.6) is 5.75 Å². The van der Waals surface area contributed by atoms with E-state index in [0.29, 0.717) is 30.2 Å². The third-order valence-corrected chi connectivity index (χ3v) is 7.83. The number of amides is 1. The highest BCUT2D eigenvalue weighted by Gasteiger charge is 2.49. The van der Waals surface area contributed by atoms with Crippen molar-refractivity contribution < 1.29 is 33.0 Å². The van der Waals surface area contributed by atoms with Gasteiger partial charge in [0.25, 0.3) is 0 Å². The fraction of sp³-hybridized carbons (Fsp3) is 0.323. The van der Waals surface area contributed by atoms with E-state index < -0.39 is 22.6 Å². The number of fused-ring (bicyclic) bond motifs is 1. The second-order valence-corrected chi connectivity index (χ2v) is 11.8. The van der Waals surface area contributed by atoms with Crippen molar-refractivity contribution in [1.29, 1.82) is 0 Å². The molecule has 2 heterocycles. The Labute approximate surface area is 236 Å². The summed E-state index contributed by atoms with van der Waals surface area (Å²) in [4.78, 5) is 39.9. The zero-order valence-electron chi connectivity index (χ0n) is 22.5. The van der Waals surface area contributed by atoms with Gasteiger partial charge in [-0.15, -0.1) is 11.8 Å². The van der Waals surface area contributed by atoms with E-state index in [1.165, 1.54) is 23.9 Å². The quantitative estimate of drug-likeness (QED) is 0.189. The van der Waals surface area contributed by atoms with Crippen molar-refractivity contribution in [2.24, 2.45) is 0 Å². The molecule has 2 aliphatic rings. The van der Waals surface area contributed by atoms with E-state index in [-0.39, 0.29) is 30.1 Å². The molecule has 0 N–H and O–H groups in total. The number of β-lactam (4-membered cyclic amide) rings is 1. The van der Waals surface area contributed by atoms with E-state index in [9.17, 15) is 18.8 Å². The Hall–Kier alpha value is -3.69. The molecule has 1 amide bonds. The number of ketones is 1. The highest BCUT2D eigenvalue weighted by atomic mass is 32.2. The molecule has 2 atom stereocenters. The number of carbonyl (C=O) groups excluding carboxylic acids is 3. The number of Topliss-reactive ketones (excluding diaryl/α,β-unsaturated/α-hetero) is 1. The monoisotopic (exact) mass is 563 g/mol. The van der Waals surface area contributed by atoms with Gasteiger partial charge in [0.05, 0.1) is 25.0 Å². The molecule has 0 spiro atoms. The zero-order valence-corrected chi connectivity index (χ0v) is 23.3. The van der Waals surface area contributed by atoms with Crippen molar-refractivity contribution in [2.75, 3.05) is 17.3 Å². The van der Waals surface area contributed by atoms with E-state index in [0.717, 1.165) is 16.7 Å². The average molecular weight is 564 g/mol. The van der Waals surface area contributed by atoms with E-state index in [1.54, 1.807) is 56.0 Å². The van der Waals surface area contributed by atoms with Gasteiger partial charge in [-0.25, -0.2) is 9.18 Å². The molecule has 0 saturated carbocycles. The van der Waals surface area contributed by atoms with Crippen LogP contribution in [0, 0.1) is 5.82 Å². The van der Waals surface area contributed by atoms with Crippen molar-refractivity contribution >= 4 is 35.1 Å². The van der Waals surface area contributed by atoms with Crippen molar-refractivity contribution in [3.63, 3.8) is 0 Å². The molecular weight excluding hydrogens is 533 g/mol. The van der Waals surface area contributed by atoms with Crippen molar-refractivity contribution in [3.05, 3.63) is 94.8 Å². The molecule has 40 heavy (non-hydrogen) atoms. The number of hydrogen-bond acceptors (Lipinski definition) is 7. The first-order chi connectivity index (χ1) is 19.1. The number of halogens is 1. The maximum atomic E-state index is 13.6. The van der Waals surface area contributed by atoms with Crippen molar-refractivity contribution in [1.82, 2.24) is 0 Å². The molecule has 5 rings (SSSR count). The normalized spacial score (nSPS) is 18.2. The molecule has 1 fully saturated rings. The van der Waals surface area contributed by atoms with Crippen LogP contribution in [0.4, 0.5) is 10.1 Å². The van der Waals surface area contributed by atoms with Crippen LogP contribution < -0.4 is 9.64 Å². The van der Waals surface area contributed by atoms with Crippen LogP contribution in [-0.4, -0.2) is 40.9 Å². The first-order valence-corrected chi connectivity index (χ1v) is 14.0. The molecule has 1 saturated heterocycles. The number of carbonyl (C=O) groups is 3. The number of thioether (sulfide) groups is 1. The Morgan fingerprint density at radius 2 is 1.70 bits per heavy atom. The number of rotatable bonds is 9. The predicted molar refractivity (Wildman–Crippen MR) is 150 cm³/mol. The smallest absolute Gasteiger partial charge is 0.344 e. The van der Waals surface area contributed by atoms with Crippen LogP contribution in [-0.2, 0) is 32.3 Å². The topological polar surface area (TPSA) is 82.1 Å². The van der Waals surface area contributed by atoms with Crippen LogP contribution in [0.25, 0.3) is 0 Å². The standard InChI is InChI=1S/C31H30FNO6S/c1-31(2,3)39-27(35)17-38-25-12-6-19(7-13-25)28-29(30(36)33(28)24-10-8-23(32)9-11-24)40-18-26(34)20-4-5-21-15-37-16-22(21)14-20/h4-14,28-29H,15-18H2,1-3H3. The first kappa shape index (κ1) is 27.9. The van der Waals surface area contributed by atoms with Gasteiger partial charge in [-0.1, -0.05) is 24.3 Å². The summed E-state index contributed by atoms with van der Waals surface area (Å²) in [6.07, 6.45) is 0. The van der Waals surface area contributed by atoms with Crippen LogP contribution in [0.2, 0.25) is 0 Å². The highest BCUT2D eigenvalue weighted by Crippen LogP contribution is 2.45. The molecule has 9 heteroatoms. The lowest BCUT2D eigenvalue weighted by Gasteiger charge is -2.47. The maximum Gasteiger partial charge on any atom is 0.344 e. The van der Waals surface area contributed by atoms with Gasteiger partial charge in [-0.2, -0.15) is 0 Å². The molecule has 2 unspecified atom stereocenters. The lowest BCUT2D eigenvalue weighted by Crippen LogP contribution is -2.57. The lowest BCUT2D eigenvalue weighted by atomic mass is 9.92. The second kappa shape index (κ2) is 11.4. The minimum absolute atomic E-state index is 0.0580. The van der Waals surface area contributed by atoms with E-state index in [4.69, 9.17) is 14.2 Å². The van der Waals surface area contributed by atoms with Gasteiger partial charge in [0.2, 0.25) is 5.91 Å². The van der Waals surface area contributed by atoms with Gasteiger partial charge in [0.1, 0.15) is 22.4 Å². The molecule has 3 aromatic carbocycles. The number of hydrogen-bond donors (Lipinski definition) is 0. The number of esters is 1. The number of benzene rings is 3. The van der Waals surface area contributed by atoms with Gasteiger partial charge in [-0.05, 0) is 79.9 Å². The lowest BCUT2D eigenvalue weighted by molar-refractivity contribution is -0.157. The van der Waals surface area contributed by atoms with Gasteiger partial charge in [-0.3, -0.25) is 9.59 Å². The van der Waals surface area contributed by atoms with Crippen LogP contribution in [0.3, 0.4) is 0 Å². The summed E-state index contributed by atoms with van der Waals surface area (Å²) in [5.74, 6) is -0.453. The van der Waals surface area contributed by atoms with E-state index in [2.05, 4.69) is 0 Å². The van der Waals surface area contributed by atoms with Gasteiger partial charge in [0.15, 0.2) is 12.4 Å². The van der Waals surface area contributed by atoms with E-state index >= 15 is 0 Å². The predicted octanol–water partition coefficient (Wildman–Crippen LogP) is 5.65. The van der Waals surface area contributed by atoms with Gasteiger partial charge >= 0.3 is 5.97 Å². The first-order valence-electron chi connectivity index (χ1n) is 13.0. The van der Waals surface area contributed by atoms with Crippen molar-refractivity contribution in [3.8, 4) is 5.75 Å². The fourth-order valence-corrected chi connectivity index (χ4v) is 5.92. The summed E-state index contributed by atoms with van der Waals surface area (Å²) < 4.78 is 29.9. The SMILES string of the molecule is CC(C)(C)OC(=O)COc1ccc(C2C(SCC(=O)c3ccc4c(c3)COC4)C(=O)N2c2ccc(F)cc2)cc1. The maximum absolute atomic E-state index is 13.6. The third-order valence-electron chi connectivity index (χ3n) is 6.59. The molecule has 0 bridgehead atoms. The Morgan fingerprint density at radius 3 is 2.40 bits per heavy atom. The molecule has 208 valence electrons. The highest BCUT2D eigenvalue weighted by molar-refractivity contribution is 8.01. The summed E-state index contributed by atoms with van der Waals surface area (Å²) >= 11 is 1.30. The number of anilines is 1. The summed E-state index contributed by atoms with van der Waals surface area (Å²) in [7, 11) is 0. The summed E-state index contributed by atoms with van der Waals surface area (Å²) in [6, 6.07) is 18.1. The molecular formula is C31H30FNO6S. The number of ether oxygens (including phenoxy) is 3. The molecule has 2 aliphatic heterocycles. The minimum atomic E-state index is -0.603. The van der Waals surface area contributed by atoms with Gasteiger partial charge < -0.3 is 19.1 Å². The van der Waals surface area contributed by atoms with Crippen LogP contribution in [0.15, 0.2) is 66.7 Å². The summed E-state index contributed by atoms with van der Waals surface area (Å²) in [6.45, 7) is 6.19. The van der Waals surface area contributed by atoms with Crippen molar-refractivity contribution in [2.45, 2.75) is 50.9 Å². The minimum Gasteiger partial charge on any atom is -0.482 e. The summed E-state index contributed by atoms with van der Waals surface area (Å²) in [5.41, 5.74) is 3.50. The Bertz CT molecular complexity index is 1420. The number of nitrogens with zero attached hydrogens (tertiary/aromatic N) is 1. The zero-order chi connectivity index (χ0) is 28.4. The van der Waals surface area contributed by atoms with Gasteiger partial charge in [0, 0.05) is 11.3 Å². The third kappa shape index (κ3) is 6.21. The molecule has 7 nitrogen and oxygen atoms in total. The Balaban J connectivity index is 1.30.